The van der Waals surface area contributed by atoms with Crippen LogP contribution in [0.1, 0.15) is 5.56 Å². The average Bonchev–Trinajstić information content (AvgIpc) is 2.38. The van der Waals surface area contributed by atoms with Gasteiger partial charge in [-0.25, -0.2) is 17.2 Å². The maximum Gasteiger partial charge on any atom is 0.262 e. The highest BCUT2D eigenvalue weighted by atomic mass is 35.5. The average molecular weight is 318 g/mol. The number of anilines is 1. The van der Waals surface area contributed by atoms with E-state index in [1.165, 1.54) is 6.07 Å². The zero-order valence-corrected chi connectivity index (χ0v) is 11.9. The van der Waals surface area contributed by atoms with E-state index in [4.69, 9.17) is 11.6 Å². The summed E-state index contributed by atoms with van der Waals surface area (Å²) in [6.07, 6.45) is 0. The third-order valence-electron chi connectivity index (χ3n) is 2.71. The predicted octanol–water partition coefficient (Wildman–Crippen LogP) is 3.73. The molecule has 0 radical (unpaired) electrons. The minimum atomic E-state index is -4.01. The Balaban J connectivity index is 2.41. The van der Waals surface area contributed by atoms with Crippen LogP contribution in [0.15, 0.2) is 41.3 Å². The molecule has 0 amide bonds. The van der Waals surface area contributed by atoms with Gasteiger partial charge in [0.2, 0.25) is 0 Å². The smallest absolute Gasteiger partial charge is 0.262 e. The Bertz CT molecular complexity index is 763. The SMILES string of the molecule is Cc1c(Cl)cccc1NS(=O)(=O)c1ccc(F)c(F)c1. The number of sulfonamides is 1. The molecular weight excluding hydrogens is 308 g/mol. The number of halogens is 3. The Labute approximate surface area is 120 Å². The highest BCUT2D eigenvalue weighted by Crippen LogP contribution is 2.25. The van der Waals surface area contributed by atoms with Gasteiger partial charge < -0.3 is 0 Å². The van der Waals surface area contributed by atoms with Crippen molar-refractivity contribution in [1.82, 2.24) is 0 Å². The Morgan fingerprint density at radius 1 is 1.10 bits per heavy atom. The lowest BCUT2D eigenvalue weighted by atomic mass is 10.2. The molecule has 0 aliphatic rings. The van der Waals surface area contributed by atoms with Gasteiger partial charge in [0, 0.05) is 5.02 Å². The van der Waals surface area contributed by atoms with Crippen molar-refractivity contribution in [2.45, 2.75) is 11.8 Å². The lowest BCUT2D eigenvalue weighted by Crippen LogP contribution is -2.14. The van der Waals surface area contributed by atoms with Crippen molar-refractivity contribution in [3.63, 3.8) is 0 Å². The molecule has 0 saturated carbocycles. The second-order valence-electron chi connectivity index (χ2n) is 4.09. The first-order valence-corrected chi connectivity index (χ1v) is 7.40. The fraction of sp³-hybridized carbons (Fsp3) is 0.0769. The van der Waals surface area contributed by atoms with E-state index in [2.05, 4.69) is 4.72 Å². The molecule has 0 spiro atoms. The van der Waals surface area contributed by atoms with Crippen molar-refractivity contribution in [1.29, 1.82) is 0 Å². The van der Waals surface area contributed by atoms with Crippen LogP contribution in [0.5, 0.6) is 0 Å². The topological polar surface area (TPSA) is 46.2 Å². The molecule has 0 unspecified atom stereocenters. The van der Waals surface area contributed by atoms with Gasteiger partial charge in [-0.1, -0.05) is 17.7 Å². The van der Waals surface area contributed by atoms with Gasteiger partial charge >= 0.3 is 0 Å². The highest BCUT2D eigenvalue weighted by Gasteiger charge is 2.17. The molecule has 2 aromatic carbocycles. The number of nitrogens with one attached hydrogen (secondary N) is 1. The monoisotopic (exact) mass is 317 g/mol. The third-order valence-corrected chi connectivity index (χ3v) is 4.49. The molecule has 2 rings (SSSR count). The number of hydrogen-bond donors (Lipinski definition) is 1. The second-order valence-corrected chi connectivity index (χ2v) is 6.18. The van der Waals surface area contributed by atoms with Gasteiger partial charge in [0.1, 0.15) is 0 Å². The molecule has 106 valence electrons. The van der Waals surface area contributed by atoms with Crippen LogP contribution in [0.4, 0.5) is 14.5 Å². The Morgan fingerprint density at radius 2 is 1.80 bits per heavy atom. The van der Waals surface area contributed by atoms with Crippen LogP contribution < -0.4 is 4.72 Å². The van der Waals surface area contributed by atoms with Crippen molar-refractivity contribution in [2.24, 2.45) is 0 Å². The van der Waals surface area contributed by atoms with Crippen molar-refractivity contribution >= 4 is 27.3 Å². The molecule has 0 saturated heterocycles. The molecule has 0 atom stereocenters. The second kappa shape index (κ2) is 5.38. The largest absolute Gasteiger partial charge is 0.279 e. The zero-order chi connectivity index (χ0) is 14.9. The summed E-state index contributed by atoms with van der Waals surface area (Å²) in [5.74, 6) is -2.33. The van der Waals surface area contributed by atoms with Gasteiger partial charge in [0.05, 0.1) is 10.6 Å². The van der Waals surface area contributed by atoms with Gasteiger partial charge in [-0.05, 0) is 42.8 Å². The van der Waals surface area contributed by atoms with E-state index in [1.807, 2.05) is 0 Å². The summed E-state index contributed by atoms with van der Waals surface area (Å²) >= 11 is 5.89. The highest BCUT2D eigenvalue weighted by molar-refractivity contribution is 7.92. The standard InChI is InChI=1S/C13H10ClF2NO2S/c1-8-10(14)3-2-4-13(8)17-20(18,19)9-5-6-11(15)12(16)7-9/h2-7,17H,1H3. The Kier molecular flexibility index (Phi) is 3.96. The first-order chi connectivity index (χ1) is 9.31. The van der Waals surface area contributed by atoms with Gasteiger partial charge in [0.15, 0.2) is 11.6 Å². The normalized spacial score (nSPS) is 11.4. The molecule has 0 aliphatic heterocycles. The maximum absolute atomic E-state index is 13.1. The van der Waals surface area contributed by atoms with Crippen LogP contribution in [-0.2, 0) is 10.0 Å². The fourth-order valence-corrected chi connectivity index (χ4v) is 2.87. The Morgan fingerprint density at radius 3 is 2.45 bits per heavy atom. The van der Waals surface area contributed by atoms with E-state index in [0.29, 0.717) is 16.7 Å². The van der Waals surface area contributed by atoms with Crippen LogP contribution in [0.3, 0.4) is 0 Å². The lowest BCUT2D eigenvalue weighted by Gasteiger charge is -2.11. The van der Waals surface area contributed by atoms with E-state index in [-0.39, 0.29) is 10.6 Å². The minimum Gasteiger partial charge on any atom is -0.279 e. The molecular formula is C13H10ClF2NO2S. The predicted molar refractivity (Wildman–Crippen MR) is 73.4 cm³/mol. The number of benzene rings is 2. The molecule has 7 heteroatoms. The van der Waals surface area contributed by atoms with E-state index < -0.39 is 21.7 Å². The molecule has 2 aromatic rings. The first-order valence-electron chi connectivity index (χ1n) is 5.54. The molecule has 3 nitrogen and oxygen atoms in total. The molecule has 0 bridgehead atoms. The summed E-state index contributed by atoms with van der Waals surface area (Å²) in [6, 6.07) is 7.09. The molecule has 20 heavy (non-hydrogen) atoms. The quantitative estimate of drug-likeness (QED) is 0.937. The molecule has 0 aromatic heterocycles. The summed E-state index contributed by atoms with van der Waals surface area (Å²) in [5.41, 5.74) is 0.822. The first kappa shape index (κ1) is 14.7. The Hall–Kier alpha value is -1.66. The van der Waals surface area contributed by atoms with Crippen LogP contribution in [0.2, 0.25) is 5.02 Å². The third kappa shape index (κ3) is 2.91. The van der Waals surface area contributed by atoms with Crippen LogP contribution in [0.25, 0.3) is 0 Å². The van der Waals surface area contributed by atoms with Gasteiger partial charge in [-0.15, -0.1) is 0 Å². The fourth-order valence-electron chi connectivity index (χ4n) is 1.57. The van der Waals surface area contributed by atoms with Crippen molar-refractivity contribution in [3.8, 4) is 0 Å². The van der Waals surface area contributed by atoms with Crippen molar-refractivity contribution in [3.05, 3.63) is 58.6 Å². The van der Waals surface area contributed by atoms with Gasteiger partial charge in [0.25, 0.3) is 10.0 Å². The maximum atomic E-state index is 13.1. The summed E-state index contributed by atoms with van der Waals surface area (Å²) in [6.45, 7) is 1.64. The van der Waals surface area contributed by atoms with Crippen molar-refractivity contribution < 1.29 is 17.2 Å². The summed E-state index contributed by atoms with van der Waals surface area (Å²) in [7, 11) is -4.01. The zero-order valence-electron chi connectivity index (χ0n) is 10.3. The number of rotatable bonds is 3. The van der Waals surface area contributed by atoms with E-state index in [1.54, 1.807) is 19.1 Å². The lowest BCUT2D eigenvalue weighted by molar-refractivity contribution is 0.504. The summed E-state index contributed by atoms with van der Waals surface area (Å²) < 4.78 is 52.4. The van der Waals surface area contributed by atoms with E-state index in [0.717, 1.165) is 12.1 Å². The van der Waals surface area contributed by atoms with E-state index in [9.17, 15) is 17.2 Å². The van der Waals surface area contributed by atoms with Gasteiger partial charge in [-0.3, -0.25) is 4.72 Å². The molecule has 0 fully saturated rings. The molecule has 0 aliphatic carbocycles. The molecule has 1 N–H and O–H groups in total. The van der Waals surface area contributed by atoms with E-state index >= 15 is 0 Å². The molecule has 0 heterocycles. The minimum absolute atomic E-state index is 0.280. The number of hydrogen-bond acceptors (Lipinski definition) is 2. The van der Waals surface area contributed by atoms with Crippen LogP contribution in [0, 0.1) is 18.6 Å². The van der Waals surface area contributed by atoms with Crippen molar-refractivity contribution in [2.75, 3.05) is 4.72 Å². The van der Waals surface area contributed by atoms with Crippen LogP contribution in [-0.4, -0.2) is 8.42 Å². The summed E-state index contributed by atoms with van der Waals surface area (Å²) in [5, 5.41) is 0.399. The summed E-state index contributed by atoms with van der Waals surface area (Å²) in [4.78, 5) is -0.365. The van der Waals surface area contributed by atoms with Crippen LogP contribution >= 0.6 is 11.6 Å². The van der Waals surface area contributed by atoms with Gasteiger partial charge in [-0.2, -0.15) is 0 Å².